The standard InChI is InChI=1S/C15H20Cl2N2OS/c16-11-9-12-14(1-6-20-15(12)13(17)10-11)18-2-3-19-4-7-21-8-5-19/h9-10,14,18H,1-8H2. The van der Waals surface area contributed by atoms with E-state index in [0.717, 1.165) is 30.8 Å². The van der Waals surface area contributed by atoms with Crippen molar-refractivity contribution in [3.05, 3.63) is 27.7 Å². The van der Waals surface area contributed by atoms with Gasteiger partial charge in [-0.1, -0.05) is 23.2 Å². The van der Waals surface area contributed by atoms with Gasteiger partial charge >= 0.3 is 0 Å². The van der Waals surface area contributed by atoms with E-state index in [-0.39, 0.29) is 6.04 Å². The topological polar surface area (TPSA) is 24.5 Å². The molecule has 1 unspecified atom stereocenters. The van der Waals surface area contributed by atoms with Gasteiger partial charge in [-0.3, -0.25) is 0 Å². The molecule has 116 valence electrons. The van der Waals surface area contributed by atoms with E-state index in [1.54, 1.807) is 6.07 Å². The van der Waals surface area contributed by atoms with E-state index in [1.165, 1.54) is 24.6 Å². The van der Waals surface area contributed by atoms with Crippen LogP contribution in [0.5, 0.6) is 5.75 Å². The molecule has 2 aliphatic rings. The van der Waals surface area contributed by atoms with Crippen LogP contribution in [-0.2, 0) is 0 Å². The third-order valence-electron chi connectivity index (χ3n) is 3.99. The van der Waals surface area contributed by atoms with Crippen molar-refractivity contribution >= 4 is 35.0 Å². The summed E-state index contributed by atoms with van der Waals surface area (Å²) < 4.78 is 5.69. The van der Waals surface area contributed by atoms with E-state index in [2.05, 4.69) is 10.2 Å². The number of halogens is 2. The first-order valence-corrected chi connectivity index (χ1v) is 9.30. The summed E-state index contributed by atoms with van der Waals surface area (Å²) in [5.41, 5.74) is 1.09. The molecule has 1 atom stereocenters. The fraction of sp³-hybridized carbons (Fsp3) is 0.600. The molecule has 0 saturated carbocycles. The zero-order valence-electron chi connectivity index (χ0n) is 11.9. The van der Waals surface area contributed by atoms with Crippen molar-refractivity contribution in [2.45, 2.75) is 12.5 Å². The molecule has 0 amide bonds. The van der Waals surface area contributed by atoms with Gasteiger partial charge in [-0.05, 0) is 12.1 Å². The van der Waals surface area contributed by atoms with Crippen LogP contribution < -0.4 is 10.1 Å². The van der Waals surface area contributed by atoms with Crippen LogP contribution in [0.4, 0.5) is 0 Å². The summed E-state index contributed by atoms with van der Waals surface area (Å²) in [5.74, 6) is 3.30. The molecule has 6 heteroatoms. The summed E-state index contributed by atoms with van der Waals surface area (Å²) in [6, 6.07) is 4.00. The summed E-state index contributed by atoms with van der Waals surface area (Å²) in [6.07, 6.45) is 0.958. The zero-order valence-corrected chi connectivity index (χ0v) is 14.2. The van der Waals surface area contributed by atoms with Crippen molar-refractivity contribution in [3.63, 3.8) is 0 Å². The highest BCUT2D eigenvalue weighted by Crippen LogP contribution is 2.39. The molecule has 0 bridgehead atoms. The monoisotopic (exact) mass is 346 g/mol. The number of thioether (sulfide) groups is 1. The highest BCUT2D eigenvalue weighted by molar-refractivity contribution is 7.99. The Morgan fingerprint density at radius 1 is 1.29 bits per heavy atom. The Hall–Kier alpha value is -0.130. The largest absolute Gasteiger partial charge is 0.492 e. The van der Waals surface area contributed by atoms with Crippen LogP contribution >= 0.6 is 35.0 Å². The van der Waals surface area contributed by atoms with Crippen molar-refractivity contribution in [3.8, 4) is 5.75 Å². The minimum absolute atomic E-state index is 0.282. The van der Waals surface area contributed by atoms with Crippen LogP contribution in [0.2, 0.25) is 10.0 Å². The predicted molar refractivity (Wildman–Crippen MR) is 91.1 cm³/mol. The maximum Gasteiger partial charge on any atom is 0.142 e. The number of fused-ring (bicyclic) bond motifs is 1. The smallest absolute Gasteiger partial charge is 0.142 e. The van der Waals surface area contributed by atoms with E-state index < -0.39 is 0 Å². The van der Waals surface area contributed by atoms with Crippen LogP contribution in [0, 0.1) is 0 Å². The minimum Gasteiger partial charge on any atom is -0.492 e. The van der Waals surface area contributed by atoms with Crippen molar-refractivity contribution < 1.29 is 4.74 Å². The van der Waals surface area contributed by atoms with Crippen LogP contribution in [-0.4, -0.2) is 49.2 Å². The Labute approximate surface area is 140 Å². The molecule has 0 radical (unpaired) electrons. The summed E-state index contributed by atoms with van der Waals surface area (Å²) in [4.78, 5) is 2.52. The normalized spacial score (nSPS) is 22.7. The third kappa shape index (κ3) is 3.99. The average molecular weight is 347 g/mol. The molecular formula is C15H20Cl2N2OS. The van der Waals surface area contributed by atoms with E-state index in [1.807, 2.05) is 17.8 Å². The molecule has 2 heterocycles. The van der Waals surface area contributed by atoms with Crippen LogP contribution in [0.15, 0.2) is 12.1 Å². The maximum atomic E-state index is 6.22. The molecular weight excluding hydrogens is 327 g/mol. The second kappa shape index (κ2) is 7.42. The SMILES string of the molecule is Clc1cc(Cl)c2c(c1)C(NCCN1CCSCC1)CCO2. The molecule has 21 heavy (non-hydrogen) atoms. The number of rotatable bonds is 4. The molecule has 3 rings (SSSR count). The Morgan fingerprint density at radius 3 is 2.90 bits per heavy atom. The van der Waals surface area contributed by atoms with Crippen molar-refractivity contribution in [2.24, 2.45) is 0 Å². The molecule has 1 saturated heterocycles. The van der Waals surface area contributed by atoms with Gasteiger partial charge in [0.1, 0.15) is 5.75 Å². The molecule has 1 aromatic rings. The van der Waals surface area contributed by atoms with Gasteiger partial charge < -0.3 is 15.0 Å². The van der Waals surface area contributed by atoms with Crippen molar-refractivity contribution in [1.82, 2.24) is 10.2 Å². The Morgan fingerprint density at radius 2 is 2.10 bits per heavy atom. The quantitative estimate of drug-likeness (QED) is 0.902. The van der Waals surface area contributed by atoms with Gasteiger partial charge in [0.15, 0.2) is 0 Å². The van der Waals surface area contributed by atoms with Crippen LogP contribution in [0.3, 0.4) is 0 Å². The Balaban J connectivity index is 1.60. The molecule has 1 aromatic carbocycles. The number of benzene rings is 1. The number of nitrogens with one attached hydrogen (secondary N) is 1. The number of hydrogen-bond acceptors (Lipinski definition) is 4. The molecule has 3 nitrogen and oxygen atoms in total. The van der Waals surface area contributed by atoms with E-state index in [9.17, 15) is 0 Å². The number of ether oxygens (including phenoxy) is 1. The summed E-state index contributed by atoms with van der Waals surface area (Å²) >= 11 is 14.4. The second-order valence-electron chi connectivity index (χ2n) is 5.40. The van der Waals surface area contributed by atoms with Gasteiger partial charge in [0, 0.05) is 60.7 Å². The lowest BCUT2D eigenvalue weighted by Gasteiger charge is -2.30. The van der Waals surface area contributed by atoms with Gasteiger partial charge in [-0.15, -0.1) is 0 Å². The molecule has 0 aromatic heterocycles. The van der Waals surface area contributed by atoms with Gasteiger partial charge in [0.25, 0.3) is 0 Å². The lowest BCUT2D eigenvalue weighted by atomic mass is 10.0. The first-order valence-electron chi connectivity index (χ1n) is 7.39. The zero-order chi connectivity index (χ0) is 14.7. The second-order valence-corrected chi connectivity index (χ2v) is 7.47. The summed E-state index contributed by atoms with van der Waals surface area (Å²) in [6.45, 7) is 5.19. The van der Waals surface area contributed by atoms with Crippen LogP contribution in [0.25, 0.3) is 0 Å². The van der Waals surface area contributed by atoms with E-state index in [0.29, 0.717) is 16.7 Å². The first-order chi connectivity index (χ1) is 10.2. The lowest BCUT2D eigenvalue weighted by Crippen LogP contribution is -2.39. The van der Waals surface area contributed by atoms with Gasteiger partial charge in [0.2, 0.25) is 0 Å². The van der Waals surface area contributed by atoms with Gasteiger partial charge in [0.05, 0.1) is 11.6 Å². The maximum absolute atomic E-state index is 6.22. The lowest BCUT2D eigenvalue weighted by molar-refractivity contribution is 0.243. The fourth-order valence-corrected chi connectivity index (χ4v) is 4.40. The highest BCUT2D eigenvalue weighted by Gasteiger charge is 2.24. The highest BCUT2D eigenvalue weighted by atomic mass is 35.5. The van der Waals surface area contributed by atoms with E-state index >= 15 is 0 Å². The molecule has 0 aliphatic carbocycles. The fourth-order valence-electron chi connectivity index (χ4n) is 2.86. The van der Waals surface area contributed by atoms with Gasteiger partial charge in [-0.25, -0.2) is 0 Å². The van der Waals surface area contributed by atoms with Crippen molar-refractivity contribution in [1.29, 1.82) is 0 Å². The molecule has 0 spiro atoms. The van der Waals surface area contributed by atoms with Crippen LogP contribution in [0.1, 0.15) is 18.0 Å². The predicted octanol–water partition coefficient (Wildman–Crippen LogP) is 3.46. The summed E-state index contributed by atoms with van der Waals surface area (Å²) in [7, 11) is 0. The van der Waals surface area contributed by atoms with E-state index in [4.69, 9.17) is 27.9 Å². The minimum atomic E-state index is 0.282. The number of nitrogens with zero attached hydrogens (tertiary/aromatic N) is 1. The van der Waals surface area contributed by atoms with Crippen molar-refractivity contribution in [2.75, 3.05) is 44.3 Å². The molecule has 2 aliphatic heterocycles. The van der Waals surface area contributed by atoms with Gasteiger partial charge in [-0.2, -0.15) is 11.8 Å². The average Bonchev–Trinajstić information content (AvgIpc) is 2.49. The molecule has 1 N–H and O–H groups in total. The third-order valence-corrected chi connectivity index (χ3v) is 5.43. The first kappa shape index (κ1) is 15.8. The molecule has 1 fully saturated rings. The summed E-state index contributed by atoms with van der Waals surface area (Å²) in [5, 5.41) is 4.91. The number of hydrogen-bond donors (Lipinski definition) is 1. The Bertz CT molecular complexity index is 495. The Kier molecular flexibility index (Phi) is 5.57.